The van der Waals surface area contributed by atoms with Crippen LogP contribution in [0.2, 0.25) is 0 Å². The number of ketones is 1. The van der Waals surface area contributed by atoms with Gasteiger partial charge in [-0.2, -0.15) is 0 Å². The fourth-order valence-electron chi connectivity index (χ4n) is 2.67. The van der Waals surface area contributed by atoms with E-state index in [9.17, 15) is 18.4 Å². The summed E-state index contributed by atoms with van der Waals surface area (Å²) in [4.78, 5) is 27.1. The fourth-order valence-corrected chi connectivity index (χ4v) is 2.67. The van der Waals surface area contributed by atoms with Crippen LogP contribution in [0.1, 0.15) is 50.6 Å². The largest absolute Gasteiger partial charge is 0.465 e. The van der Waals surface area contributed by atoms with Gasteiger partial charge in [0.05, 0.1) is 24.9 Å². The van der Waals surface area contributed by atoms with E-state index in [1.165, 1.54) is 13.2 Å². The van der Waals surface area contributed by atoms with Crippen LogP contribution in [0.5, 0.6) is 0 Å². The second-order valence-corrected chi connectivity index (χ2v) is 5.82. The first kappa shape index (κ1) is 18.8. The summed E-state index contributed by atoms with van der Waals surface area (Å²) in [6, 6.07) is 3.25. The molecule has 0 saturated carbocycles. The standard InChI is InChI=1S/C18H20F2N2O3/c1-9-16(18(24)25-4)11(3)22-17(9)15(23)8-21-10(2)12-5-6-13(19)14(20)7-12/h5-7,10,21-22H,8H2,1-4H3/t10-/m0/s1. The number of halogens is 2. The molecule has 0 amide bonds. The van der Waals surface area contributed by atoms with Crippen LogP contribution in [0, 0.1) is 25.5 Å². The normalized spacial score (nSPS) is 12.1. The number of H-pyrrole nitrogens is 1. The van der Waals surface area contributed by atoms with Crippen LogP contribution in [0.15, 0.2) is 18.2 Å². The Labute approximate surface area is 144 Å². The molecule has 0 radical (unpaired) electrons. The minimum absolute atomic E-state index is 0.0262. The topological polar surface area (TPSA) is 71.2 Å². The summed E-state index contributed by atoms with van der Waals surface area (Å²) in [5.74, 6) is -2.60. The van der Waals surface area contributed by atoms with Gasteiger partial charge in [-0.05, 0) is 44.0 Å². The molecule has 1 atom stereocenters. The van der Waals surface area contributed by atoms with Gasteiger partial charge in [0.15, 0.2) is 17.4 Å². The number of ether oxygens (including phenoxy) is 1. The molecule has 1 heterocycles. The van der Waals surface area contributed by atoms with E-state index in [2.05, 4.69) is 10.3 Å². The maximum atomic E-state index is 13.3. The fraction of sp³-hybridized carbons (Fsp3) is 0.333. The molecular formula is C18H20F2N2O3. The summed E-state index contributed by atoms with van der Waals surface area (Å²) in [6.45, 7) is 5.07. The van der Waals surface area contributed by atoms with Crippen molar-refractivity contribution in [2.45, 2.75) is 26.8 Å². The smallest absolute Gasteiger partial charge is 0.339 e. The van der Waals surface area contributed by atoms with Crippen molar-refractivity contribution in [1.82, 2.24) is 10.3 Å². The zero-order valence-corrected chi connectivity index (χ0v) is 14.5. The highest BCUT2D eigenvalue weighted by molar-refractivity contribution is 6.02. The molecule has 2 aromatic rings. The molecule has 25 heavy (non-hydrogen) atoms. The molecule has 1 aromatic heterocycles. The maximum absolute atomic E-state index is 13.3. The third-order valence-corrected chi connectivity index (χ3v) is 4.12. The van der Waals surface area contributed by atoms with Crippen molar-refractivity contribution in [3.05, 3.63) is 57.9 Å². The van der Waals surface area contributed by atoms with Gasteiger partial charge in [-0.15, -0.1) is 0 Å². The number of esters is 1. The molecule has 7 heteroatoms. The SMILES string of the molecule is COC(=O)c1c(C)[nH]c(C(=O)CN[C@@H](C)c2ccc(F)c(F)c2)c1C. The number of methoxy groups -OCH3 is 1. The van der Waals surface area contributed by atoms with Crippen LogP contribution in [0.3, 0.4) is 0 Å². The lowest BCUT2D eigenvalue weighted by atomic mass is 10.1. The second kappa shape index (κ2) is 7.57. The zero-order valence-electron chi connectivity index (χ0n) is 14.5. The van der Waals surface area contributed by atoms with Gasteiger partial charge in [-0.1, -0.05) is 6.07 Å². The average Bonchev–Trinajstić information content (AvgIpc) is 2.88. The molecule has 1 aromatic carbocycles. The Morgan fingerprint density at radius 3 is 2.52 bits per heavy atom. The molecule has 134 valence electrons. The van der Waals surface area contributed by atoms with Gasteiger partial charge < -0.3 is 15.0 Å². The van der Waals surface area contributed by atoms with Crippen LogP contribution in [0.25, 0.3) is 0 Å². The van der Waals surface area contributed by atoms with Gasteiger partial charge in [0.25, 0.3) is 0 Å². The van der Waals surface area contributed by atoms with Crippen LogP contribution in [-0.2, 0) is 4.74 Å². The number of aromatic amines is 1. The lowest BCUT2D eigenvalue weighted by molar-refractivity contribution is 0.0599. The number of carbonyl (C=O) groups is 2. The number of carbonyl (C=O) groups excluding carboxylic acids is 2. The summed E-state index contributed by atoms with van der Waals surface area (Å²) in [5.41, 5.74) is 2.28. The summed E-state index contributed by atoms with van der Waals surface area (Å²) in [5, 5.41) is 2.97. The lowest BCUT2D eigenvalue weighted by Gasteiger charge is -2.14. The van der Waals surface area contributed by atoms with Crippen LogP contribution >= 0.6 is 0 Å². The maximum Gasteiger partial charge on any atom is 0.339 e. The van der Waals surface area contributed by atoms with Crippen molar-refractivity contribution in [2.75, 3.05) is 13.7 Å². The highest BCUT2D eigenvalue weighted by atomic mass is 19.2. The Balaban J connectivity index is 2.10. The first-order chi connectivity index (χ1) is 11.8. The molecule has 0 bridgehead atoms. The van der Waals surface area contributed by atoms with Gasteiger partial charge in [0.1, 0.15) is 0 Å². The Hall–Kier alpha value is -2.54. The van der Waals surface area contributed by atoms with Gasteiger partial charge in [0, 0.05) is 11.7 Å². The van der Waals surface area contributed by atoms with Gasteiger partial charge in [-0.25, -0.2) is 13.6 Å². The number of benzene rings is 1. The Morgan fingerprint density at radius 1 is 1.24 bits per heavy atom. The Kier molecular flexibility index (Phi) is 5.69. The number of hydrogen-bond acceptors (Lipinski definition) is 4. The number of rotatable bonds is 6. The monoisotopic (exact) mass is 350 g/mol. The number of hydrogen-bond donors (Lipinski definition) is 2. The Bertz CT molecular complexity index is 815. The third-order valence-electron chi connectivity index (χ3n) is 4.12. The van der Waals surface area contributed by atoms with E-state index in [1.807, 2.05) is 0 Å². The van der Waals surface area contributed by atoms with Crippen molar-refractivity contribution in [1.29, 1.82) is 0 Å². The molecule has 2 rings (SSSR count). The summed E-state index contributed by atoms with van der Waals surface area (Å²) in [7, 11) is 1.28. The van der Waals surface area contributed by atoms with Crippen LogP contribution in [-0.4, -0.2) is 30.4 Å². The average molecular weight is 350 g/mol. The highest BCUT2D eigenvalue weighted by Crippen LogP contribution is 2.20. The molecule has 0 unspecified atom stereocenters. The first-order valence-corrected chi connectivity index (χ1v) is 7.75. The molecule has 2 N–H and O–H groups in total. The van der Waals surface area contributed by atoms with E-state index in [0.717, 1.165) is 12.1 Å². The van der Waals surface area contributed by atoms with E-state index in [-0.39, 0.29) is 18.4 Å². The van der Waals surface area contributed by atoms with Gasteiger partial charge in [0.2, 0.25) is 0 Å². The zero-order chi connectivity index (χ0) is 18.7. The molecule has 0 fully saturated rings. The third kappa shape index (κ3) is 3.93. The van der Waals surface area contributed by atoms with Crippen LogP contribution < -0.4 is 5.32 Å². The van der Waals surface area contributed by atoms with Crippen LogP contribution in [0.4, 0.5) is 8.78 Å². The molecular weight excluding hydrogens is 330 g/mol. The number of aromatic nitrogens is 1. The lowest BCUT2D eigenvalue weighted by Crippen LogP contribution is -2.26. The van der Waals surface area contributed by atoms with E-state index in [1.54, 1.807) is 20.8 Å². The van der Waals surface area contributed by atoms with Crippen molar-refractivity contribution < 1.29 is 23.1 Å². The van der Waals surface area contributed by atoms with Crippen molar-refractivity contribution in [2.24, 2.45) is 0 Å². The predicted octanol–water partition coefficient (Wildman–Crippen LogP) is 3.23. The van der Waals surface area contributed by atoms with Crippen molar-refractivity contribution in [3.63, 3.8) is 0 Å². The molecule has 0 aliphatic rings. The minimum Gasteiger partial charge on any atom is -0.465 e. The number of Topliss-reactive ketones (excluding diaryl/α,β-unsaturated/α-hetero) is 1. The minimum atomic E-state index is -0.934. The van der Waals surface area contributed by atoms with Crippen molar-refractivity contribution in [3.8, 4) is 0 Å². The number of aryl methyl sites for hydroxylation is 1. The summed E-state index contributed by atoms with van der Waals surface area (Å²) < 4.78 is 31.0. The van der Waals surface area contributed by atoms with E-state index in [0.29, 0.717) is 28.1 Å². The van der Waals surface area contributed by atoms with Gasteiger partial charge in [-0.3, -0.25) is 4.79 Å². The molecule has 5 nitrogen and oxygen atoms in total. The van der Waals surface area contributed by atoms with E-state index in [4.69, 9.17) is 4.74 Å². The summed E-state index contributed by atoms with van der Waals surface area (Å²) >= 11 is 0. The molecule has 0 spiro atoms. The van der Waals surface area contributed by atoms with Gasteiger partial charge >= 0.3 is 5.97 Å². The summed E-state index contributed by atoms with van der Waals surface area (Å²) in [6.07, 6.45) is 0. The second-order valence-electron chi connectivity index (χ2n) is 5.82. The Morgan fingerprint density at radius 2 is 1.92 bits per heavy atom. The molecule has 0 saturated heterocycles. The number of nitrogens with one attached hydrogen (secondary N) is 2. The molecule has 0 aliphatic carbocycles. The van der Waals surface area contributed by atoms with Crippen molar-refractivity contribution >= 4 is 11.8 Å². The highest BCUT2D eigenvalue weighted by Gasteiger charge is 2.22. The predicted molar refractivity (Wildman–Crippen MR) is 88.7 cm³/mol. The molecule has 0 aliphatic heterocycles. The quantitative estimate of drug-likeness (QED) is 0.620. The first-order valence-electron chi connectivity index (χ1n) is 7.75. The van der Waals surface area contributed by atoms with E-state index < -0.39 is 17.6 Å². The van der Waals surface area contributed by atoms with E-state index >= 15 is 0 Å².